The van der Waals surface area contributed by atoms with Crippen molar-refractivity contribution in [3.05, 3.63) is 78.1 Å². The zero-order valence-electron chi connectivity index (χ0n) is 14.4. The number of anilines is 1. The summed E-state index contributed by atoms with van der Waals surface area (Å²) in [5.74, 6) is 0.430. The molecule has 2 aromatic carbocycles. The second-order valence-electron chi connectivity index (χ2n) is 5.82. The Morgan fingerprint density at radius 2 is 1.84 bits per heavy atom. The molecule has 0 aliphatic heterocycles. The third kappa shape index (κ3) is 4.70. The van der Waals surface area contributed by atoms with Crippen LogP contribution in [0.3, 0.4) is 0 Å². The largest absolute Gasteiger partial charge is 0.370 e. The second kappa shape index (κ2) is 8.15. The molecule has 0 spiro atoms. The lowest BCUT2D eigenvalue weighted by atomic mass is 10.1. The third-order valence-corrected chi connectivity index (χ3v) is 3.97. The Bertz CT molecular complexity index is 819. The fourth-order valence-electron chi connectivity index (χ4n) is 2.53. The molecule has 0 aliphatic carbocycles. The van der Waals surface area contributed by atoms with Gasteiger partial charge in [-0.3, -0.25) is 4.99 Å². The highest BCUT2D eigenvalue weighted by Crippen LogP contribution is 2.10. The lowest BCUT2D eigenvalue weighted by Gasteiger charge is -2.06. The number of benzene rings is 2. The van der Waals surface area contributed by atoms with Crippen molar-refractivity contribution in [3.63, 3.8) is 0 Å². The van der Waals surface area contributed by atoms with E-state index >= 15 is 0 Å². The van der Waals surface area contributed by atoms with E-state index in [1.165, 1.54) is 5.56 Å². The Morgan fingerprint density at radius 1 is 1.08 bits per heavy atom. The monoisotopic (exact) mass is 333 g/mol. The summed E-state index contributed by atoms with van der Waals surface area (Å²) in [7, 11) is 0. The Hall–Kier alpha value is -3.08. The van der Waals surface area contributed by atoms with Gasteiger partial charge >= 0.3 is 0 Å². The fraction of sp³-hybridized carbons (Fsp3) is 0.200. The van der Waals surface area contributed by atoms with E-state index in [0.29, 0.717) is 12.5 Å². The number of guanidine groups is 1. The SMILES string of the molecule is CCc1ccc(NC(N)=NCCc2cnn(-c3ccccc3)c2)cc1. The molecule has 5 nitrogen and oxygen atoms in total. The lowest BCUT2D eigenvalue weighted by Crippen LogP contribution is -2.23. The van der Waals surface area contributed by atoms with Crippen molar-refractivity contribution in [2.75, 3.05) is 11.9 Å². The molecule has 3 rings (SSSR count). The van der Waals surface area contributed by atoms with Crippen molar-refractivity contribution in [1.82, 2.24) is 9.78 Å². The molecule has 0 aliphatic rings. The number of nitrogens with zero attached hydrogens (tertiary/aromatic N) is 3. The zero-order chi connectivity index (χ0) is 17.5. The van der Waals surface area contributed by atoms with Gasteiger partial charge in [0.15, 0.2) is 5.96 Å². The minimum Gasteiger partial charge on any atom is -0.370 e. The quantitative estimate of drug-likeness (QED) is 0.536. The van der Waals surface area contributed by atoms with Crippen LogP contribution in [0.15, 0.2) is 72.0 Å². The predicted octanol–water partition coefficient (Wildman–Crippen LogP) is 3.40. The van der Waals surface area contributed by atoms with Gasteiger partial charge < -0.3 is 11.1 Å². The van der Waals surface area contributed by atoms with Gasteiger partial charge in [-0.25, -0.2) is 4.68 Å². The number of hydrogen-bond acceptors (Lipinski definition) is 2. The Balaban J connectivity index is 1.53. The Morgan fingerprint density at radius 3 is 2.56 bits per heavy atom. The summed E-state index contributed by atoms with van der Waals surface area (Å²) in [5.41, 5.74) is 10.4. The number of aryl methyl sites for hydroxylation is 1. The summed E-state index contributed by atoms with van der Waals surface area (Å²) < 4.78 is 1.87. The molecule has 0 fully saturated rings. The van der Waals surface area contributed by atoms with E-state index in [1.807, 2.05) is 59.5 Å². The average molecular weight is 333 g/mol. The summed E-state index contributed by atoms with van der Waals surface area (Å²) >= 11 is 0. The van der Waals surface area contributed by atoms with Crippen LogP contribution in [-0.2, 0) is 12.8 Å². The second-order valence-corrected chi connectivity index (χ2v) is 5.82. The van der Waals surface area contributed by atoms with Crippen LogP contribution < -0.4 is 11.1 Å². The molecule has 0 saturated heterocycles. The molecule has 5 heteroatoms. The van der Waals surface area contributed by atoms with Crippen LogP contribution in [0, 0.1) is 0 Å². The zero-order valence-corrected chi connectivity index (χ0v) is 14.4. The van der Waals surface area contributed by atoms with Crippen molar-refractivity contribution in [2.24, 2.45) is 10.7 Å². The van der Waals surface area contributed by atoms with Gasteiger partial charge in [-0.2, -0.15) is 5.10 Å². The molecular formula is C20H23N5. The van der Waals surface area contributed by atoms with Crippen LogP contribution in [-0.4, -0.2) is 22.3 Å². The highest BCUT2D eigenvalue weighted by molar-refractivity contribution is 5.92. The standard InChI is InChI=1S/C20H23N5/c1-2-16-8-10-18(11-9-16)24-20(21)22-13-12-17-14-23-25(15-17)19-6-4-3-5-7-19/h3-11,14-15H,2,12-13H2,1H3,(H3,21,22,24). The van der Waals surface area contributed by atoms with Gasteiger partial charge in [-0.15, -0.1) is 0 Å². The molecule has 3 N–H and O–H groups in total. The molecule has 128 valence electrons. The molecule has 0 radical (unpaired) electrons. The van der Waals surface area contributed by atoms with E-state index in [2.05, 4.69) is 34.5 Å². The molecular weight excluding hydrogens is 310 g/mol. The number of para-hydroxylation sites is 1. The molecule has 0 unspecified atom stereocenters. The van der Waals surface area contributed by atoms with Crippen LogP contribution in [0.5, 0.6) is 0 Å². The van der Waals surface area contributed by atoms with Crippen LogP contribution >= 0.6 is 0 Å². The highest BCUT2D eigenvalue weighted by atomic mass is 15.3. The van der Waals surface area contributed by atoms with Crippen LogP contribution in [0.2, 0.25) is 0 Å². The normalized spacial score (nSPS) is 11.5. The first-order valence-corrected chi connectivity index (χ1v) is 8.49. The van der Waals surface area contributed by atoms with Gasteiger partial charge in [0.25, 0.3) is 0 Å². The number of aromatic nitrogens is 2. The predicted molar refractivity (Wildman–Crippen MR) is 103 cm³/mol. The number of nitrogens with two attached hydrogens (primary N) is 1. The van der Waals surface area contributed by atoms with E-state index in [9.17, 15) is 0 Å². The van der Waals surface area contributed by atoms with Gasteiger partial charge in [-0.05, 0) is 48.2 Å². The molecule has 1 heterocycles. The van der Waals surface area contributed by atoms with E-state index in [4.69, 9.17) is 5.73 Å². The van der Waals surface area contributed by atoms with Crippen molar-refractivity contribution < 1.29 is 0 Å². The smallest absolute Gasteiger partial charge is 0.193 e. The summed E-state index contributed by atoms with van der Waals surface area (Å²) in [4.78, 5) is 4.39. The minimum absolute atomic E-state index is 0.430. The highest BCUT2D eigenvalue weighted by Gasteiger charge is 2.01. The Kier molecular flexibility index (Phi) is 5.46. The van der Waals surface area contributed by atoms with E-state index in [-0.39, 0.29) is 0 Å². The fourth-order valence-corrected chi connectivity index (χ4v) is 2.53. The van der Waals surface area contributed by atoms with Crippen LogP contribution in [0.25, 0.3) is 5.69 Å². The summed E-state index contributed by atoms with van der Waals surface area (Å²) in [5, 5.41) is 7.51. The lowest BCUT2D eigenvalue weighted by molar-refractivity contribution is 0.879. The first-order valence-electron chi connectivity index (χ1n) is 8.49. The molecule has 25 heavy (non-hydrogen) atoms. The molecule has 0 bridgehead atoms. The first kappa shape index (κ1) is 16.8. The number of nitrogens with one attached hydrogen (secondary N) is 1. The van der Waals surface area contributed by atoms with Gasteiger partial charge in [0, 0.05) is 18.4 Å². The molecule has 0 atom stereocenters. The summed E-state index contributed by atoms with van der Waals surface area (Å²) in [6, 6.07) is 18.3. The van der Waals surface area contributed by atoms with Crippen molar-refractivity contribution >= 4 is 11.6 Å². The topological polar surface area (TPSA) is 68.2 Å². The molecule has 3 aromatic rings. The Labute approximate surface area is 148 Å². The van der Waals surface area contributed by atoms with Crippen molar-refractivity contribution in [2.45, 2.75) is 19.8 Å². The third-order valence-electron chi connectivity index (χ3n) is 3.97. The molecule has 1 aromatic heterocycles. The van der Waals surface area contributed by atoms with Gasteiger partial charge in [0.05, 0.1) is 11.9 Å². The number of hydrogen-bond donors (Lipinski definition) is 2. The van der Waals surface area contributed by atoms with E-state index in [1.54, 1.807) is 0 Å². The minimum atomic E-state index is 0.430. The van der Waals surface area contributed by atoms with Crippen molar-refractivity contribution in [3.8, 4) is 5.69 Å². The van der Waals surface area contributed by atoms with Gasteiger partial charge in [-0.1, -0.05) is 37.3 Å². The van der Waals surface area contributed by atoms with Crippen LogP contribution in [0.4, 0.5) is 5.69 Å². The van der Waals surface area contributed by atoms with Crippen LogP contribution in [0.1, 0.15) is 18.1 Å². The number of aliphatic imine (C=N–C) groups is 1. The maximum atomic E-state index is 5.95. The van der Waals surface area contributed by atoms with Crippen molar-refractivity contribution in [1.29, 1.82) is 0 Å². The van der Waals surface area contributed by atoms with E-state index < -0.39 is 0 Å². The van der Waals surface area contributed by atoms with Gasteiger partial charge in [0.2, 0.25) is 0 Å². The van der Waals surface area contributed by atoms with E-state index in [0.717, 1.165) is 29.8 Å². The average Bonchev–Trinajstić information content (AvgIpc) is 3.12. The number of rotatable bonds is 6. The maximum absolute atomic E-state index is 5.95. The summed E-state index contributed by atoms with van der Waals surface area (Å²) in [6.07, 6.45) is 5.72. The molecule has 0 saturated carbocycles. The van der Waals surface area contributed by atoms with Gasteiger partial charge in [0.1, 0.15) is 0 Å². The maximum Gasteiger partial charge on any atom is 0.193 e. The molecule has 0 amide bonds. The first-order chi connectivity index (χ1) is 12.2. The summed E-state index contributed by atoms with van der Waals surface area (Å²) in [6.45, 7) is 2.75.